The monoisotopic (exact) mass is 305 g/mol. The van der Waals surface area contributed by atoms with Gasteiger partial charge in [0.05, 0.1) is 18.4 Å². The third kappa shape index (κ3) is 5.22. The maximum Gasteiger partial charge on any atom is 0.410 e. The molecule has 0 aromatic carbocycles. The summed E-state index contributed by atoms with van der Waals surface area (Å²) in [5.74, 6) is -3.51. The van der Waals surface area contributed by atoms with E-state index in [4.69, 9.17) is 14.6 Å². The Morgan fingerprint density at radius 3 is 2.14 bits per heavy atom. The summed E-state index contributed by atoms with van der Waals surface area (Å²) in [6.45, 7) is 6.94. The van der Waals surface area contributed by atoms with Gasteiger partial charge in [-0.1, -0.05) is 0 Å². The van der Waals surface area contributed by atoms with E-state index in [9.17, 15) is 14.4 Å². The van der Waals surface area contributed by atoms with Gasteiger partial charge in [0.25, 0.3) is 0 Å². The van der Waals surface area contributed by atoms with E-state index in [-0.39, 0.29) is 25.2 Å². The van der Waals surface area contributed by atoms with Crippen molar-refractivity contribution in [2.45, 2.75) is 33.3 Å². The highest BCUT2D eigenvalue weighted by atomic mass is 16.6. The van der Waals surface area contributed by atoms with Gasteiger partial charge >= 0.3 is 18.0 Å². The molecule has 0 aromatic rings. The van der Waals surface area contributed by atoms with Crippen LogP contribution in [0.3, 0.4) is 0 Å². The highest BCUT2D eigenvalue weighted by Gasteiger charge is 2.45. The third-order valence-electron chi connectivity index (χ3n) is 2.88. The Labute approximate surface area is 123 Å². The normalized spacial score (nSPS) is 21.4. The maximum atomic E-state index is 11.9. The number of aliphatic carboxylic acids is 1. The van der Waals surface area contributed by atoms with Crippen LogP contribution in [0.2, 0.25) is 0 Å². The first kappa shape index (κ1) is 19.2. The van der Waals surface area contributed by atoms with Gasteiger partial charge in [-0.2, -0.15) is 0 Å². The number of nitrogens with zero attached hydrogens (tertiary/aromatic N) is 1. The quantitative estimate of drug-likeness (QED) is 0.747. The molecule has 0 spiro atoms. The second-order valence-electron chi connectivity index (χ2n) is 5.69. The predicted octanol–water partition coefficient (Wildman–Crippen LogP) is 0.293. The first-order chi connectivity index (χ1) is 9.15. The van der Waals surface area contributed by atoms with E-state index in [0.29, 0.717) is 0 Å². The van der Waals surface area contributed by atoms with Gasteiger partial charge in [0.2, 0.25) is 0 Å². The highest BCUT2D eigenvalue weighted by molar-refractivity contribution is 5.84. The van der Waals surface area contributed by atoms with E-state index in [1.165, 1.54) is 4.90 Å². The van der Waals surface area contributed by atoms with Crippen molar-refractivity contribution >= 4 is 18.0 Å². The summed E-state index contributed by atoms with van der Waals surface area (Å²) < 4.78 is 10.0. The lowest BCUT2D eigenvalue weighted by atomic mass is 9.96. The molecule has 21 heavy (non-hydrogen) atoms. The van der Waals surface area contributed by atoms with Crippen LogP contribution in [-0.2, 0) is 19.1 Å². The van der Waals surface area contributed by atoms with Gasteiger partial charge in [0.1, 0.15) is 5.60 Å². The van der Waals surface area contributed by atoms with E-state index < -0.39 is 35.5 Å². The van der Waals surface area contributed by atoms with Gasteiger partial charge in [0.15, 0.2) is 0 Å². The Hall–Kier alpha value is -1.83. The zero-order valence-corrected chi connectivity index (χ0v) is 12.7. The molecule has 0 radical (unpaired) electrons. The molecule has 1 heterocycles. The molecule has 1 saturated heterocycles. The molecule has 1 aliphatic rings. The van der Waals surface area contributed by atoms with E-state index in [1.807, 2.05) is 0 Å². The summed E-state index contributed by atoms with van der Waals surface area (Å²) in [5.41, 5.74) is -0.669. The number of likely N-dealkylation sites (tertiary alicyclic amines) is 1. The van der Waals surface area contributed by atoms with Crippen LogP contribution in [0.15, 0.2) is 0 Å². The second kappa shape index (κ2) is 7.26. The van der Waals surface area contributed by atoms with Crippen LogP contribution in [-0.4, -0.2) is 58.8 Å². The average Bonchev–Trinajstić information content (AvgIpc) is 2.71. The van der Waals surface area contributed by atoms with Gasteiger partial charge < -0.3 is 25.0 Å². The molecule has 0 saturated carbocycles. The van der Waals surface area contributed by atoms with Crippen LogP contribution >= 0.6 is 0 Å². The van der Waals surface area contributed by atoms with Crippen molar-refractivity contribution < 1.29 is 34.4 Å². The number of carbonyl (C=O) groups is 3. The Morgan fingerprint density at radius 1 is 1.19 bits per heavy atom. The summed E-state index contributed by atoms with van der Waals surface area (Å²) in [7, 11) is 0. The molecule has 8 heteroatoms. The number of carboxylic acids is 1. The zero-order chi connectivity index (χ0) is 15.5. The van der Waals surface area contributed by atoms with E-state index >= 15 is 0 Å². The van der Waals surface area contributed by atoms with Crippen LogP contribution in [0.25, 0.3) is 0 Å². The van der Waals surface area contributed by atoms with Crippen molar-refractivity contribution in [3.8, 4) is 0 Å². The number of esters is 1. The summed E-state index contributed by atoms with van der Waals surface area (Å²) in [6.07, 6.45) is -0.615. The largest absolute Gasteiger partial charge is 0.481 e. The fourth-order valence-electron chi connectivity index (χ4n) is 2.02. The number of hydrogen-bond donors (Lipinski definition) is 1. The van der Waals surface area contributed by atoms with Gasteiger partial charge in [-0.15, -0.1) is 0 Å². The molecular weight excluding hydrogens is 282 g/mol. The minimum atomic E-state index is -1.12. The number of amides is 1. The number of carboxylic acid groups (broad SMARTS) is 1. The standard InChI is InChI=1S/C13H21NO6.H2O/c1-5-19-11(17)9-7-14(6-8(9)10(15)16)12(18)20-13(2,3)4;/h8-9H,5-7H2,1-4H3,(H,15,16);1H2/t8-,9-;/m0./s1. The van der Waals surface area contributed by atoms with Gasteiger partial charge in [-0.25, -0.2) is 4.79 Å². The SMILES string of the molecule is CCOC(=O)[C@H]1CN(C(=O)OC(C)(C)C)C[C@@H]1C(=O)O.O. The van der Waals surface area contributed by atoms with Crippen LogP contribution < -0.4 is 0 Å². The minimum Gasteiger partial charge on any atom is -0.481 e. The molecule has 0 aromatic heterocycles. The second-order valence-corrected chi connectivity index (χ2v) is 5.69. The summed E-state index contributed by atoms with van der Waals surface area (Å²) >= 11 is 0. The van der Waals surface area contributed by atoms with Gasteiger partial charge in [0, 0.05) is 13.1 Å². The molecule has 1 amide bonds. The average molecular weight is 305 g/mol. The molecular formula is C13H23NO7. The summed E-state index contributed by atoms with van der Waals surface area (Å²) in [5, 5.41) is 9.15. The number of carbonyl (C=O) groups excluding carboxylic acids is 2. The van der Waals surface area contributed by atoms with Crippen molar-refractivity contribution in [3.63, 3.8) is 0 Å². The van der Waals surface area contributed by atoms with Gasteiger partial charge in [-0.05, 0) is 27.7 Å². The summed E-state index contributed by atoms with van der Waals surface area (Å²) in [6, 6.07) is 0. The highest BCUT2D eigenvalue weighted by Crippen LogP contribution is 2.26. The lowest BCUT2D eigenvalue weighted by molar-refractivity contribution is -0.155. The van der Waals surface area contributed by atoms with Crippen LogP contribution in [0, 0.1) is 11.8 Å². The number of ether oxygens (including phenoxy) is 2. The van der Waals surface area contributed by atoms with Crippen molar-refractivity contribution in [2.75, 3.05) is 19.7 Å². The van der Waals surface area contributed by atoms with Crippen LogP contribution in [0.1, 0.15) is 27.7 Å². The Balaban J connectivity index is 0.00000400. The smallest absolute Gasteiger partial charge is 0.410 e. The third-order valence-corrected chi connectivity index (χ3v) is 2.88. The van der Waals surface area contributed by atoms with E-state index in [0.717, 1.165) is 0 Å². The van der Waals surface area contributed by atoms with Crippen molar-refractivity contribution in [1.82, 2.24) is 4.90 Å². The Morgan fingerprint density at radius 2 is 1.71 bits per heavy atom. The molecule has 3 N–H and O–H groups in total. The van der Waals surface area contributed by atoms with E-state index in [2.05, 4.69) is 0 Å². The van der Waals surface area contributed by atoms with Crippen molar-refractivity contribution in [1.29, 1.82) is 0 Å². The van der Waals surface area contributed by atoms with Crippen LogP contribution in [0.5, 0.6) is 0 Å². The topological polar surface area (TPSA) is 125 Å². The van der Waals surface area contributed by atoms with E-state index in [1.54, 1.807) is 27.7 Å². The Kier molecular flexibility index (Phi) is 6.62. The number of hydrogen-bond acceptors (Lipinski definition) is 5. The molecule has 0 unspecified atom stereocenters. The minimum absolute atomic E-state index is 0. The lowest BCUT2D eigenvalue weighted by Crippen LogP contribution is -2.36. The van der Waals surface area contributed by atoms with Crippen molar-refractivity contribution in [3.05, 3.63) is 0 Å². The Bertz CT molecular complexity index is 402. The van der Waals surface area contributed by atoms with Crippen molar-refractivity contribution in [2.24, 2.45) is 11.8 Å². The molecule has 122 valence electrons. The molecule has 2 atom stereocenters. The molecule has 1 rings (SSSR count). The number of rotatable bonds is 3. The first-order valence-corrected chi connectivity index (χ1v) is 6.53. The summed E-state index contributed by atoms with van der Waals surface area (Å²) in [4.78, 5) is 36.1. The first-order valence-electron chi connectivity index (χ1n) is 6.53. The van der Waals surface area contributed by atoms with Gasteiger partial charge in [-0.3, -0.25) is 9.59 Å². The molecule has 1 fully saturated rings. The molecule has 8 nitrogen and oxygen atoms in total. The fourth-order valence-corrected chi connectivity index (χ4v) is 2.02. The molecule has 1 aliphatic heterocycles. The van der Waals surface area contributed by atoms with Crippen LogP contribution in [0.4, 0.5) is 4.79 Å². The molecule has 0 bridgehead atoms. The predicted molar refractivity (Wildman–Crippen MR) is 72.7 cm³/mol. The lowest BCUT2D eigenvalue weighted by Gasteiger charge is -2.24. The fraction of sp³-hybridized carbons (Fsp3) is 0.769. The molecule has 0 aliphatic carbocycles. The maximum absolute atomic E-state index is 11.9. The zero-order valence-electron chi connectivity index (χ0n) is 12.7.